The normalized spacial score (nSPS) is 15.9. The second kappa shape index (κ2) is 11.6. The predicted molar refractivity (Wildman–Crippen MR) is 142 cm³/mol. The van der Waals surface area contributed by atoms with E-state index in [2.05, 4.69) is 0 Å². The largest absolute Gasteiger partial charge is 0.468 e. The first-order valence-corrected chi connectivity index (χ1v) is 12.5. The highest BCUT2D eigenvalue weighted by atomic mass is 16.5. The van der Waals surface area contributed by atoms with Gasteiger partial charge in [0.2, 0.25) is 0 Å². The maximum Gasteiger partial charge on any atom is 0.324 e. The molecule has 4 rings (SSSR count). The predicted octanol–water partition coefficient (Wildman–Crippen LogP) is 5.71. The molecule has 1 aliphatic carbocycles. The van der Waals surface area contributed by atoms with Crippen LogP contribution in [-0.2, 0) is 35.0 Å². The Labute approximate surface area is 222 Å². The molecule has 2 aromatic carbocycles. The number of Topliss-reactive ketones (excluding diaryl/α,β-unsaturated/α-hetero) is 1. The van der Waals surface area contributed by atoms with Crippen molar-refractivity contribution in [2.75, 3.05) is 21.3 Å². The van der Waals surface area contributed by atoms with Gasteiger partial charge < -0.3 is 23.4 Å². The monoisotopic (exact) mass is 516 g/mol. The zero-order chi connectivity index (χ0) is 27.3. The van der Waals surface area contributed by atoms with E-state index < -0.39 is 23.5 Å². The molecule has 7 heteroatoms. The number of hydrogen-bond acceptors (Lipinski definition) is 7. The fourth-order valence-electron chi connectivity index (χ4n) is 5.21. The smallest absolute Gasteiger partial charge is 0.324 e. The summed E-state index contributed by atoms with van der Waals surface area (Å²) >= 11 is 0. The summed E-state index contributed by atoms with van der Waals surface area (Å²) in [5, 5.41) is 0. The van der Waals surface area contributed by atoms with E-state index in [1.807, 2.05) is 66.7 Å². The van der Waals surface area contributed by atoms with Gasteiger partial charge in [-0.25, -0.2) is 0 Å². The number of esters is 2. The van der Waals surface area contributed by atoms with Crippen molar-refractivity contribution in [2.45, 2.75) is 38.7 Å². The van der Waals surface area contributed by atoms with Crippen molar-refractivity contribution in [3.8, 4) is 11.3 Å². The number of fused-ring (bicyclic) bond motifs is 1. The number of rotatable bonds is 9. The maximum atomic E-state index is 13.1. The number of furan rings is 1. The molecule has 0 N–H and O–H groups in total. The second-order valence-electron chi connectivity index (χ2n) is 9.42. The van der Waals surface area contributed by atoms with Crippen LogP contribution < -0.4 is 0 Å². The molecule has 3 aromatic rings. The molecule has 0 fully saturated rings. The minimum Gasteiger partial charge on any atom is -0.468 e. The Kier molecular flexibility index (Phi) is 8.27. The maximum absolute atomic E-state index is 13.1. The average Bonchev–Trinajstić information content (AvgIpc) is 3.32. The van der Waals surface area contributed by atoms with Gasteiger partial charge in [-0.15, -0.1) is 0 Å². The van der Waals surface area contributed by atoms with Gasteiger partial charge in [0, 0.05) is 43.1 Å². The van der Waals surface area contributed by atoms with E-state index in [0.29, 0.717) is 29.9 Å². The summed E-state index contributed by atoms with van der Waals surface area (Å²) in [4.78, 5) is 38.0. The molecule has 0 aliphatic heterocycles. The zero-order valence-electron chi connectivity index (χ0n) is 22.1. The number of carbonyl (C=O) groups excluding carboxylic acids is 3. The van der Waals surface area contributed by atoms with E-state index in [-0.39, 0.29) is 18.6 Å². The van der Waals surface area contributed by atoms with Crippen molar-refractivity contribution in [3.63, 3.8) is 0 Å². The van der Waals surface area contributed by atoms with E-state index in [1.54, 1.807) is 7.11 Å². The third-order valence-electron chi connectivity index (χ3n) is 6.97. The topological polar surface area (TPSA) is 92.0 Å². The average molecular weight is 517 g/mol. The van der Waals surface area contributed by atoms with Crippen LogP contribution in [0.2, 0.25) is 0 Å². The fourth-order valence-corrected chi connectivity index (χ4v) is 5.21. The van der Waals surface area contributed by atoms with Gasteiger partial charge in [-0.2, -0.15) is 0 Å². The molecule has 198 valence electrons. The molecule has 0 radical (unpaired) electrons. The standard InChI is InChI=1S/C31H32O7/c1-20(32)12-11-17-23-18-31(29(33)36-3,30(34)37-4)19-24-25(23)26(27(35-2)21-13-7-5-8-14-21)28(38-24)22-15-9-6-10-16-22/h5-10,13-17,27H,11-12,18-19H2,1-4H3/b23-17-/t27-/m0/s1. The van der Waals surface area contributed by atoms with E-state index in [9.17, 15) is 14.4 Å². The lowest BCUT2D eigenvalue weighted by atomic mass is 9.70. The van der Waals surface area contributed by atoms with Gasteiger partial charge in [-0.05, 0) is 24.5 Å². The van der Waals surface area contributed by atoms with Crippen molar-refractivity contribution < 1.29 is 33.0 Å². The summed E-state index contributed by atoms with van der Waals surface area (Å²) in [5.74, 6) is -0.292. The van der Waals surface area contributed by atoms with Crippen molar-refractivity contribution >= 4 is 23.3 Å². The van der Waals surface area contributed by atoms with Gasteiger partial charge in [0.05, 0.1) is 14.2 Å². The van der Waals surface area contributed by atoms with Gasteiger partial charge in [0.25, 0.3) is 0 Å². The molecule has 7 nitrogen and oxygen atoms in total. The van der Waals surface area contributed by atoms with Crippen molar-refractivity contribution in [1.82, 2.24) is 0 Å². The van der Waals surface area contributed by atoms with Gasteiger partial charge in [-0.3, -0.25) is 9.59 Å². The molecule has 1 heterocycles. The van der Waals surface area contributed by atoms with Crippen LogP contribution >= 0.6 is 0 Å². The minimum absolute atomic E-state index is 0.0310. The highest BCUT2D eigenvalue weighted by molar-refractivity contribution is 6.03. The Bertz CT molecular complexity index is 1320. The molecule has 1 atom stereocenters. The molecule has 38 heavy (non-hydrogen) atoms. The number of benzene rings is 2. The van der Waals surface area contributed by atoms with Crippen LogP contribution in [0.3, 0.4) is 0 Å². The first kappa shape index (κ1) is 27.1. The Morgan fingerprint density at radius 3 is 2.08 bits per heavy atom. The van der Waals surface area contributed by atoms with E-state index in [1.165, 1.54) is 21.1 Å². The Morgan fingerprint density at radius 2 is 1.53 bits per heavy atom. The van der Waals surface area contributed by atoms with Crippen LogP contribution in [0.4, 0.5) is 0 Å². The lowest BCUT2D eigenvalue weighted by Gasteiger charge is -2.33. The molecule has 1 aliphatic rings. The fraction of sp³-hybridized carbons (Fsp3) is 0.323. The van der Waals surface area contributed by atoms with Crippen molar-refractivity contribution in [1.29, 1.82) is 0 Å². The molecule has 0 amide bonds. The molecule has 1 aromatic heterocycles. The summed E-state index contributed by atoms with van der Waals surface area (Å²) in [6.07, 6.45) is 2.20. The Hall–Kier alpha value is -3.97. The van der Waals surface area contributed by atoms with Gasteiger partial charge in [0.15, 0.2) is 5.41 Å². The lowest BCUT2D eigenvalue weighted by Crippen LogP contribution is -2.45. The first-order chi connectivity index (χ1) is 18.4. The van der Waals surface area contributed by atoms with Crippen molar-refractivity contribution in [3.05, 3.63) is 89.2 Å². The molecule has 0 spiro atoms. The second-order valence-corrected chi connectivity index (χ2v) is 9.42. The summed E-state index contributed by atoms with van der Waals surface area (Å²) in [7, 11) is 4.14. The van der Waals surface area contributed by atoms with Gasteiger partial charge in [0.1, 0.15) is 23.4 Å². The van der Waals surface area contributed by atoms with Crippen LogP contribution in [0.25, 0.3) is 16.9 Å². The van der Waals surface area contributed by atoms with Crippen LogP contribution in [0, 0.1) is 5.41 Å². The van der Waals surface area contributed by atoms with Gasteiger partial charge in [-0.1, -0.05) is 66.7 Å². The van der Waals surface area contributed by atoms with Gasteiger partial charge >= 0.3 is 11.9 Å². The molecule has 0 saturated heterocycles. The molecular weight excluding hydrogens is 484 g/mol. The highest BCUT2D eigenvalue weighted by Crippen LogP contribution is 2.51. The van der Waals surface area contributed by atoms with Crippen molar-refractivity contribution in [2.24, 2.45) is 5.41 Å². The Morgan fingerprint density at radius 1 is 0.921 bits per heavy atom. The highest BCUT2D eigenvalue weighted by Gasteiger charge is 2.54. The first-order valence-electron chi connectivity index (χ1n) is 12.5. The molecule has 0 bridgehead atoms. The molecule has 0 saturated carbocycles. The number of ether oxygens (including phenoxy) is 3. The zero-order valence-corrected chi connectivity index (χ0v) is 22.1. The number of carbonyl (C=O) groups is 3. The van der Waals surface area contributed by atoms with Crippen LogP contribution in [0.15, 0.2) is 71.2 Å². The SMILES string of the molecule is COC(=O)C1(C(=O)OC)C/C(=C/CCC(C)=O)c2c(oc(-c3ccccc3)c2[C@@H](OC)c2ccccc2)C1. The molecule has 0 unspecified atom stereocenters. The van der Waals surface area contributed by atoms with E-state index >= 15 is 0 Å². The third-order valence-corrected chi connectivity index (χ3v) is 6.97. The van der Waals surface area contributed by atoms with E-state index in [4.69, 9.17) is 18.6 Å². The quantitative estimate of drug-likeness (QED) is 0.266. The summed E-state index contributed by atoms with van der Waals surface area (Å²) in [6.45, 7) is 1.53. The molecular formula is C31H32O7. The van der Waals surface area contributed by atoms with Crippen LogP contribution in [0.1, 0.15) is 54.7 Å². The third kappa shape index (κ3) is 5.07. The number of ketones is 1. The van der Waals surface area contributed by atoms with Crippen LogP contribution in [0.5, 0.6) is 0 Å². The van der Waals surface area contributed by atoms with E-state index in [0.717, 1.165) is 22.3 Å². The lowest BCUT2D eigenvalue weighted by molar-refractivity contribution is -0.169. The summed E-state index contributed by atoms with van der Waals surface area (Å²) in [6, 6.07) is 19.4. The number of hydrogen-bond donors (Lipinski definition) is 0. The summed E-state index contributed by atoms with van der Waals surface area (Å²) < 4.78 is 22.8. The van der Waals surface area contributed by atoms with Crippen LogP contribution in [-0.4, -0.2) is 39.1 Å². The number of methoxy groups -OCH3 is 3. The number of allylic oxidation sites excluding steroid dienone is 2. The Balaban J connectivity index is 2.02. The summed E-state index contributed by atoms with van der Waals surface area (Å²) in [5.41, 5.74) is 2.44. The minimum atomic E-state index is -1.61.